The Morgan fingerprint density at radius 1 is 1.10 bits per heavy atom. The first-order chi connectivity index (χ1) is 14.5. The molecule has 2 aromatic carbocycles. The average molecular weight is 559 g/mol. The van der Waals surface area contributed by atoms with E-state index in [2.05, 4.69) is 15.6 Å². The number of guanidine groups is 1. The van der Waals surface area contributed by atoms with Crippen LogP contribution in [0.3, 0.4) is 0 Å². The van der Waals surface area contributed by atoms with Gasteiger partial charge in [0.15, 0.2) is 27.3 Å². The van der Waals surface area contributed by atoms with Crippen LogP contribution in [0.5, 0.6) is 11.5 Å². The summed E-state index contributed by atoms with van der Waals surface area (Å²) in [4.78, 5) is 4.96. The van der Waals surface area contributed by atoms with Gasteiger partial charge in [0.2, 0.25) is 6.79 Å². The van der Waals surface area contributed by atoms with Crippen molar-refractivity contribution in [2.24, 2.45) is 4.99 Å². The molecule has 0 bridgehead atoms. The van der Waals surface area contributed by atoms with Gasteiger partial charge >= 0.3 is 0 Å². The van der Waals surface area contributed by atoms with Crippen molar-refractivity contribution < 1.29 is 17.9 Å². The van der Waals surface area contributed by atoms with Crippen LogP contribution >= 0.6 is 24.0 Å². The Labute approximate surface area is 201 Å². The van der Waals surface area contributed by atoms with Crippen LogP contribution in [0.1, 0.15) is 25.8 Å². The standard InChI is InChI=1S/C22H29N3O4S.HI/c1-3-18(15-30(26,27)19-8-6-5-7-9-19)25-22(23-4-2)24-13-12-17-10-11-20-21(14-17)29-16-28-20;/h5-11,14,18H,3-4,12-13,15-16H2,1-2H3,(H2,23,24,25);1H. The first-order valence-corrected chi connectivity index (χ1v) is 11.9. The summed E-state index contributed by atoms with van der Waals surface area (Å²) in [5.74, 6) is 2.16. The number of nitrogens with zero attached hydrogens (tertiary/aromatic N) is 1. The van der Waals surface area contributed by atoms with Crippen molar-refractivity contribution >= 4 is 39.8 Å². The minimum Gasteiger partial charge on any atom is -0.454 e. The molecule has 0 fully saturated rings. The van der Waals surface area contributed by atoms with E-state index in [1.165, 1.54) is 0 Å². The number of rotatable bonds is 9. The maximum absolute atomic E-state index is 12.7. The van der Waals surface area contributed by atoms with E-state index >= 15 is 0 Å². The summed E-state index contributed by atoms with van der Waals surface area (Å²) < 4.78 is 36.2. The van der Waals surface area contributed by atoms with Crippen LogP contribution < -0.4 is 20.1 Å². The van der Waals surface area contributed by atoms with Gasteiger partial charge in [0.25, 0.3) is 0 Å². The van der Waals surface area contributed by atoms with Gasteiger partial charge in [-0.1, -0.05) is 31.2 Å². The molecule has 0 amide bonds. The largest absolute Gasteiger partial charge is 0.454 e. The van der Waals surface area contributed by atoms with Crippen LogP contribution in [0.25, 0.3) is 0 Å². The zero-order valence-electron chi connectivity index (χ0n) is 17.8. The molecule has 0 saturated carbocycles. The van der Waals surface area contributed by atoms with Gasteiger partial charge in [-0.3, -0.25) is 4.99 Å². The molecule has 0 aliphatic carbocycles. The van der Waals surface area contributed by atoms with Gasteiger partial charge in [-0.2, -0.15) is 0 Å². The van der Waals surface area contributed by atoms with Gasteiger partial charge in [-0.15, -0.1) is 24.0 Å². The Morgan fingerprint density at radius 3 is 2.55 bits per heavy atom. The molecule has 2 N–H and O–H groups in total. The first kappa shape index (κ1) is 25.3. The molecular weight excluding hydrogens is 529 g/mol. The second kappa shape index (κ2) is 12.1. The van der Waals surface area contributed by atoms with Crippen LogP contribution in [-0.4, -0.2) is 46.1 Å². The Kier molecular flexibility index (Phi) is 9.89. The predicted molar refractivity (Wildman–Crippen MR) is 133 cm³/mol. The minimum absolute atomic E-state index is 0. The van der Waals surface area contributed by atoms with Crippen molar-refractivity contribution in [2.75, 3.05) is 25.6 Å². The third-order valence-electron chi connectivity index (χ3n) is 4.81. The second-order valence-electron chi connectivity index (χ2n) is 7.04. The molecule has 1 atom stereocenters. The Hall–Kier alpha value is -2.01. The van der Waals surface area contributed by atoms with Crippen molar-refractivity contribution in [2.45, 2.75) is 37.6 Å². The zero-order chi connectivity index (χ0) is 21.4. The maximum Gasteiger partial charge on any atom is 0.231 e. The number of hydrogen-bond acceptors (Lipinski definition) is 5. The lowest BCUT2D eigenvalue weighted by Crippen LogP contribution is -2.46. The van der Waals surface area contributed by atoms with Crippen LogP contribution in [-0.2, 0) is 16.3 Å². The van der Waals surface area contributed by atoms with Crippen molar-refractivity contribution in [3.63, 3.8) is 0 Å². The number of ether oxygens (including phenoxy) is 2. The van der Waals surface area contributed by atoms with Gasteiger partial charge in [-0.05, 0) is 49.6 Å². The van der Waals surface area contributed by atoms with Gasteiger partial charge in [-0.25, -0.2) is 8.42 Å². The smallest absolute Gasteiger partial charge is 0.231 e. The highest BCUT2D eigenvalue weighted by molar-refractivity contribution is 14.0. The van der Waals surface area contributed by atoms with Crippen molar-refractivity contribution in [3.8, 4) is 11.5 Å². The Balaban J connectivity index is 0.00000341. The number of hydrogen-bond donors (Lipinski definition) is 2. The number of nitrogens with one attached hydrogen (secondary N) is 2. The highest BCUT2D eigenvalue weighted by atomic mass is 127. The topological polar surface area (TPSA) is 89.0 Å². The fourth-order valence-electron chi connectivity index (χ4n) is 3.16. The van der Waals surface area contributed by atoms with Crippen LogP contribution in [0, 0.1) is 0 Å². The van der Waals surface area contributed by atoms with Gasteiger partial charge in [0.05, 0.1) is 10.6 Å². The molecule has 1 heterocycles. The van der Waals surface area contributed by atoms with Gasteiger partial charge in [0, 0.05) is 19.1 Å². The monoisotopic (exact) mass is 559 g/mol. The fourth-order valence-corrected chi connectivity index (χ4v) is 4.77. The third-order valence-corrected chi connectivity index (χ3v) is 6.64. The summed E-state index contributed by atoms with van der Waals surface area (Å²) in [5.41, 5.74) is 1.11. The van der Waals surface area contributed by atoms with Gasteiger partial charge in [0.1, 0.15) is 0 Å². The van der Waals surface area contributed by atoms with Crippen molar-refractivity contribution in [1.82, 2.24) is 10.6 Å². The number of sulfone groups is 1. The molecule has 0 aromatic heterocycles. The van der Waals surface area contributed by atoms with E-state index in [9.17, 15) is 8.42 Å². The number of halogens is 1. The van der Waals surface area contributed by atoms with Gasteiger partial charge < -0.3 is 20.1 Å². The average Bonchev–Trinajstić information content (AvgIpc) is 3.22. The molecule has 9 heteroatoms. The molecule has 0 saturated heterocycles. The molecule has 0 spiro atoms. The zero-order valence-corrected chi connectivity index (χ0v) is 21.0. The molecule has 170 valence electrons. The second-order valence-corrected chi connectivity index (χ2v) is 9.08. The molecule has 2 aromatic rings. The van der Waals surface area contributed by atoms with E-state index in [1.807, 2.05) is 38.1 Å². The highest BCUT2D eigenvalue weighted by Gasteiger charge is 2.21. The summed E-state index contributed by atoms with van der Waals surface area (Å²) in [6.45, 7) is 5.47. The highest BCUT2D eigenvalue weighted by Crippen LogP contribution is 2.32. The Morgan fingerprint density at radius 2 is 1.84 bits per heavy atom. The van der Waals surface area contributed by atoms with E-state index in [0.29, 0.717) is 30.4 Å². The van der Waals surface area contributed by atoms with E-state index < -0.39 is 9.84 Å². The summed E-state index contributed by atoms with van der Waals surface area (Å²) in [5, 5.41) is 6.47. The summed E-state index contributed by atoms with van der Waals surface area (Å²) in [7, 11) is -3.37. The minimum atomic E-state index is -3.37. The summed E-state index contributed by atoms with van der Waals surface area (Å²) in [6.07, 6.45) is 1.41. The molecule has 0 radical (unpaired) electrons. The lowest BCUT2D eigenvalue weighted by atomic mass is 10.1. The number of benzene rings is 2. The molecule has 1 aliphatic heterocycles. The van der Waals surface area contributed by atoms with E-state index in [-0.39, 0.29) is 42.6 Å². The predicted octanol–water partition coefficient (Wildman–Crippen LogP) is 3.38. The molecular formula is C22H30IN3O4S. The molecule has 1 unspecified atom stereocenters. The van der Waals surface area contributed by atoms with Crippen LogP contribution in [0.2, 0.25) is 0 Å². The molecule has 1 aliphatic rings. The summed E-state index contributed by atoms with van der Waals surface area (Å²) in [6, 6.07) is 14.2. The van der Waals surface area contributed by atoms with Crippen molar-refractivity contribution in [3.05, 3.63) is 54.1 Å². The lowest BCUT2D eigenvalue weighted by molar-refractivity contribution is 0.174. The lowest BCUT2D eigenvalue weighted by Gasteiger charge is -2.20. The van der Waals surface area contributed by atoms with Crippen molar-refractivity contribution in [1.29, 1.82) is 0 Å². The molecule has 3 rings (SSSR count). The quantitative estimate of drug-likeness (QED) is 0.278. The van der Waals surface area contributed by atoms with Crippen LogP contribution in [0.4, 0.5) is 0 Å². The fraction of sp³-hybridized carbons (Fsp3) is 0.409. The van der Waals surface area contributed by atoms with E-state index in [1.54, 1.807) is 24.3 Å². The number of aliphatic imine (C=N–C) groups is 1. The number of fused-ring (bicyclic) bond motifs is 1. The Bertz CT molecular complexity index is 968. The first-order valence-electron chi connectivity index (χ1n) is 10.2. The SMILES string of the molecule is CCNC(=NCCc1ccc2c(c1)OCO2)NC(CC)CS(=O)(=O)c1ccccc1.I. The molecule has 7 nitrogen and oxygen atoms in total. The third kappa shape index (κ3) is 7.27. The summed E-state index contributed by atoms with van der Waals surface area (Å²) >= 11 is 0. The normalized spacial score (nSPS) is 13.9. The van der Waals surface area contributed by atoms with Crippen LogP contribution in [0.15, 0.2) is 58.4 Å². The van der Waals surface area contributed by atoms with E-state index in [4.69, 9.17) is 9.47 Å². The van der Waals surface area contributed by atoms with E-state index in [0.717, 1.165) is 23.5 Å². The maximum atomic E-state index is 12.7. The molecule has 31 heavy (non-hydrogen) atoms.